The molecule has 0 aromatic heterocycles. The van der Waals surface area contributed by atoms with Gasteiger partial charge in [0, 0.05) is 20.0 Å². The van der Waals surface area contributed by atoms with Crippen molar-refractivity contribution in [1.82, 2.24) is 4.90 Å². The molecule has 0 spiro atoms. The molecule has 0 saturated heterocycles. The molecule has 1 aromatic carbocycles. The molecule has 1 N–H and O–H groups in total. The van der Waals surface area contributed by atoms with Crippen LogP contribution in [0.3, 0.4) is 0 Å². The lowest BCUT2D eigenvalue weighted by atomic mass is 10.1. The van der Waals surface area contributed by atoms with Crippen molar-refractivity contribution in [1.29, 1.82) is 0 Å². The minimum Gasteiger partial charge on any atom is -0.493 e. The molecule has 0 heterocycles. The van der Waals surface area contributed by atoms with E-state index in [9.17, 15) is 0 Å². The summed E-state index contributed by atoms with van der Waals surface area (Å²) in [6.45, 7) is -0.126. The lowest BCUT2D eigenvalue weighted by Crippen LogP contribution is -2.21. The number of methoxy groups -OCH3 is 2. The van der Waals surface area contributed by atoms with Gasteiger partial charge in [-0.2, -0.15) is 0 Å². The number of hydrogen-bond acceptors (Lipinski definition) is 4. The Hall–Kier alpha value is -1.26. The van der Waals surface area contributed by atoms with E-state index in [0.717, 1.165) is 5.56 Å². The fourth-order valence-corrected chi connectivity index (χ4v) is 1.47. The molecule has 0 radical (unpaired) electrons. The number of ether oxygens (including phenoxy) is 2. The summed E-state index contributed by atoms with van der Waals surface area (Å²) >= 11 is 0. The number of aliphatic hydroxyl groups is 1. The third-order valence-electron chi connectivity index (χ3n) is 2.25. The number of benzene rings is 1. The van der Waals surface area contributed by atoms with Crippen molar-refractivity contribution in [3.05, 3.63) is 23.8 Å². The van der Waals surface area contributed by atoms with E-state index in [4.69, 9.17) is 16.0 Å². The van der Waals surface area contributed by atoms with Gasteiger partial charge in [-0.1, -0.05) is 12.1 Å². The van der Waals surface area contributed by atoms with Gasteiger partial charge in [0.2, 0.25) is 0 Å². The summed E-state index contributed by atoms with van der Waals surface area (Å²) in [4.78, 5) is 1.73. The van der Waals surface area contributed by atoms with Gasteiger partial charge in [0.05, 0.1) is 20.8 Å². The number of rotatable bonds is 6. The van der Waals surface area contributed by atoms with Crippen molar-refractivity contribution < 1.29 is 16.0 Å². The number of aliphatic hydroxyl groups excluding tert-OH is 1. The molecule has 4 nitrogen and oxygen atoms in total. The zero-order valence-corrected chi connectivity index (χ0v) is 9.93. The van der Waals surface area contributed by atoms with Crippen molar-refractivity contribution in [2.45, 2.75) is 6.52 Å². The van der Waals surface area contributed by atoms with E-state index in [0.29, 0.717) is 18.0 Å². The Morgan fingerprint density at radius 3 is 2.69 bits per heavy atom. The Morgan fingerprint density at radius 2 is 2.12 bits per heavy atom. The van der Waals surface area contributed by atoms with Crippen LogP contribution >= 0.6 is 0 Å². The highest BCUT2D eigenvalue weighted by Gasteiger charge is 2.10. The second-order valence-electron chi connectivity index (χ2n) is 3.42. The lowest BCUT2D eigenvalue weighted by molar-refractivity contribution is 0.215. The molecule has 0 bridgehead atoms. The normalized spacial score (nSPS) is 13.4. The van der Waals surface area contributed by atoms with Gasteiger partial charge < -0.3 is 14.6 Å². The highest BCUT2D eigenvalue weighted by molar-refractivity contribution is 5.46. The highest BCUT2D eigenvalue weighted by Crippen LogP contribution is 2.31. The van der Waals surface area contributed by atoms with Crippen molar-refractivity contribution >= 4 is 0 Å². The maximum absolute atomic E-state index is 8.88. The number of hydrogen-bond donors (Lipinski definition) is 1. The van der Waals surface area contributed by atoms with Crippen LogP contribution < -0.4 is 9.47 Å². The van der Waals surface area contributed by atoms with E-state index in [1.54, 1.807) is 32.2 Å². The Kier molecular flexibility index (Phi) is 4.46. The molecule has 1 aromatic rings. The highest BCUT2D eigenvalue weighted by atomic mass is 16.5. The molecule has 0 aliphatic heterocycles. The molecular weight excluding hydrogens is 206 g/mol. The molecule has 0 amide bonds. The summed E-state index contributed by atoms with van der Waals surface area (Å²) in [5, 5.41) is 8.88. The number of para-hydroxylation sites is 1. The number of nitrogens with zero attached hydrogens (tertiary/aromatic N) is 1. The van der Waals surface area contributed by atoms with E-state index in [2.05, 4.69) is 0 Å². The molecule has 0 aliphatic rings. The zero-order chi connectivity index (χ0) is 12.8. The standard InChI is InChI=1S/C12H19NO3/c1-13(7-8-14)9-10-5-4-6-11(15-2)12(10)16-3/h4-6,14H,7-9H2,1-3H3/i9D. The molecule has 1 rings (SSSR count). The van der Waals surface area contributed by atoms with Crippen molar-refractivity contribution in [3.8, 4) is 11.5 Å². The summed E-state index contributed by atoms with van der Waals surface area (Å²) in [6.07, 6.45) is 0. The van der Waals surface area contributed by atoms with Gasteiger partial charge >= 0.3 is 0 Å². The van der Waals surface area contributed by atoms with Gasteiger partial charge in [-0.15, -0.1) is 0 Å². The van der Waals surface area contributed by atoms with Gasteiger partial charge in [-0.05, 0) is 13.1 Å². The minimum atomic E-state index is -0.591. The second kappa shape index (κ2) is 6.35. The average Bonchev–Trinajstić information content (AvgIpc) is 2.36. The van der Waals surface area contributed by atoms with Crippen LogP contribution in [-0.4, -0.2) is 44.4 Å². The van der Waals surface area contributed by atoms with Crippen LogP contribution in [0.25, 0.3) is 0 Å². The second-order valence-corrected chi connectivity index (χ2v) is 3.42. The molecule has 0 fully saturated rings. The lowest BCUT2D eigenvalue weighted by Gasteiger charge is -2.18. The van der Waals surface area contributed by atoms with E-state index in [1.165, 1.54) is 0 Å². The maximum atomic E-state index is 8.88. The summed E-state index contributed by atoms with van der Waals surface area (Å²) in [6, 6.07) is 5.44. The van der Waals surface area contributed by atoms with Gasteiger partial charge in [0.15, 0.2) is 11.5 Å². The maximum Gasteiger partial charge on any atom is 0.165 e. The quantitative estimate of drug-likeness (QED) is 0.789. The monoisotopic (exact) mass is 226 g/mol. The first-order valence-electron chi connectivity index (χ1n) is 5.67. The predicted octanol–water partition coefficient (Wildman–Crippen LogP) is 1.13. The van der Waals surface area contributed by atoms with Gasteiger partial charge in [-0.3, -0.25) is 4.90 Å². The van der Waals surface area contributed by atoms with Crippen LogP contribution in [0.2, 0.25) is 0 Å². The largest absolute Gasteiger partial charge is 0.493 e. The molecular formula is C12H19NO3. The third kappa shape index (κ3) is 3.12. The van der Waals surface area contributed by atoms with Crippen LogP contribution in [0, 0.1) is 0 Å². The van der Waals surface area contributed by atoms with Crippen LogP contribution in [0.1, 0.15) is 6.93 Å². The Morgan fingerprint density at radius 1 is 1.38 bits per heavy atom. The predicted molar refractivity (Wildman–Crippen MR) is 63.0 cm³/mol. The van der Waals surface area contributed by atoms with Crippen molar-refractivity contribution in [3.63, 3.8) is 0 Å². The molecule has 1 unspecified atom stereocenters. The van der Waals surface area contributed by atoms with Gasteiger partial charge in [-0.25, -0.2) is 0 Å². The summed E-state index contributed by atoms with van der Waals surface area (Å²) < 4.78 is 18.6. The van der Waals surface area contributed by atoms with Crippen LogP contribution in [0.5, 0.6) is 11.5 Å². The summed E-state index contributed by atoms with van der Waals surface area (Å²) in [5.41, 5.74) is 0.725. The van der Waals surface area contributed by atoms with E-state index in [-0.39, 0.29) is 6.61 Å². The first kappa shape index (κ1) is 11.2. The van der Waals surface area contributed by atoms with Crippen molar-refractivity contribution in [2.24, 2.45) is 0 Å². The van der Waals surface area contributed by atoms with Gasteiger partial charge in [0.1, 0.15) is 0 Å². The average molecular weight is 226 g/mol. The Labute approximate surface area is 97.8 Å². The van der Waals surface area contributed by atoms with Crippen LogP contribution in [-0.2, 0) is 6.52 Å². The molecule has 16 heavy (non-hydrogen) atoms. The minimum absolute atomic E-state index is 0.0260. The van der Waals surface area contributed by atoms with Crippen LogP contribution in [0.4, 0.5) is 0 Å². The zero-order valence-electron chi connectivity index (χ0n) is 10.9. The molecule has 90 valence electrons. The third-order valence-corrected chi connectivity index (χ3v) is 2.25. The molecule has 1 atom stereocenters. The topological polar surface area (TPSA) is 41.9 Å². The fourth-order valence-electron chi connectivity index (χ4n) is 1.47. The Balaban J connectivity index is 3.03. The Bertz CT molecular complexity index is 360. The first-order chi connectivity index (χ1) is 8.15. The smallest absolute Gasteiger partial charge is 0.165 e. The molecule has 0 saturated carbocycles. The first-order valence-corrected chi connectivity index (χ1v) is 5.10. The molecule has 0 aliphatic carbocycles. The summed E-state index contributed by atoms with van der Waals surface area (Å²) in [5.74, 6) is 1.18. The van der Waals surface area contributed by atoms with E-state index >= 15 is 0 Å². The SMILES string of the molecule is [2H]C(c1cccc(OC)c1OC)N(C)CCO. The number of likely N-dealkylation sites (N-methyl/N-ethyl adjacent to an activating group) is 1. The van der Waals surface area contributed by atoms with Gasteiger partial charge in [0.25, 0.3) is 0 Å². The van der Waals surface area contributed by atoms with E-state index < -0.39 is 6.52 Å². The molecule has 4 heteroatoms. The van der Waals surface area contributed by atoms with Crippen LogP contribution in [0.15, 0.2) is 18.2 Å². The van der Waals surface area contributed by atoms with E-state index in [1.807, 2.05) is 12.1 Å². The van der Waals surface area contributed by atoms with Crippen molar-refractivity contribution in [2.75, 3.05) is 34.4 Å². The summed E-state index contributed by atoms with van der Waals surface area (Å²) in [7, 11) is 4.91. The fraction of sp³-hybridized carbons (Fsp3) is 0.500.